The number of carbonyl (C=O) groups is 1. The van der Waals surface area contributed by atoms with E-state index in [4.69, 9.17) is 16.3 Å². The molecule has 0 saturated heterocycles. The number of sulfonamides is 1. The van der Waals surface area contributed by atoms with Crippen molar-refractivity contribution in [3.05, 3.63) is 53.6 Å². The van der Waals surface area contributed by atoms with Gasteiger partial charge in [-0.3, -0.25) is 4.79 Å². The van der Waals surface area contributed by atoms with Crippen LogP contribution in [0.3, 0.4) is 0 Å². The number of halogens is 1. The van der Waals surface area contributed by atoms with Crippen molar-refractivity contribution in [3.8, 4) is 5.75 Å². The summed E-state index contributed by atoms with van der Waals surface area (Å²) >= 11 is 6.02. The van der Waals surface area contributed by atoms with Crippen molar-refractivity contribution < 1.29 is 17.9 Å². The predicted molar refractivity (Wildman–Crippen MR) is 102 cm³/mol. The molecule has 1 amide bonds. The molecule has 0 aliphatic carbocycles. The second kappa shape index (κ2) is 9.02. The highest BCUT2D eigenvalue weighted by Gasteiger charge is 2.20. The average molecular weight is 397 g/mol. The summed E-state index contributed by atoms with van der Waals surface area (Å²) in [6, 6.07) is 13.2. The first-order valence-electron chi connectivity index (χ1n) is 7.99. The zero-order chi connectivity index (χ0) is 19.2. The Balaban J connectivity index is 1.85. The summed E-state index contributed by atoms with van der Waals surface area (Å²) in [6.45, 7) is 0.244. The van der Waals surface area contributed by atoms with E-state index in [9.17, 15) is 13.2 Å². The molecule has 0 atom stereocenters. The van der Waals surface area contributed by atoms with Gasteiger partial charge in [0, 0.05) is 25.7 Å². The van der Waals surface area contributed by atoms with Gasteiger partial charge in [-0.05, 0) is 36.8 Å². The molecule has 26 heavy (non-hydrogen) atoms. The van der Waals surface area contributed by atoms with Crippen LogP contribution in [0, 0.1) is 0 Å². The van der Waals surface area contributed by atoms with Gasteiger partial charge in [-0.15, -0.1) is 0 Å². The number of anilines is 1. The molecule has 6 nitrogen and oxygen atoms in total. The van der Waals surface area contributed by atoms with Gasteiger partial charge in [0.1, 0.15) is 5.75 Å². The number of nitrogens with one attached hydrogen (secondary N) is 1. The zero-order valence-electron chi connectivity index (χ0n) is 14.6. The van der Waals surface area contributed by atoms with Crippen molar-refractivity contribution >= 4 is 33.2 Å². The van der Waals surface area contributed by atoms with E-state index in [2.05, 4.69) is 5.32 Å². The Bertz CT molecular complexity index is 857. The van der Waals surface area contributed by atoms with Crippen molar-refractivity contribution in [2.75, 3.05) is 26.0 Å². The van der Waals surface area contributed by atoms with Crippen molar-refractivity contribution in [2.24, 2.45) is 0 Å². The van der Waals surface area contributed by atoms with E-state index in [-0.39, 0.29) is 23.8 Å². The monoisotopic (exact) mass is 396 g/mol. The summed E-state index contributed by atoms with van der Waals surface area (Å²) in [7, 11) is -0.522. The molecule has 2 aromatic rings. The number of carbonyl (C=O) groups excluding carboxylic acids is 1. The molecule has 0 heterocycles. The van der Waals surface area contributed by atoms with E-state index in [1.165, 1.54) is 18.5 Å². The molecule has 0 radical (unpaired) electrons. The number of nitrogens with zero attached hydrogens (tertiary/aromatic N) is 1. The Hall–Kier alpha value is -2.09. The first kappa shape index (κ1) is 20.2. The molecule has 0 spiro atoms. The summed E-state index contributed by atoms with van der Waals surface area (Å²) in [4.78, 5) is 12.3. The maximum Gasteiger partial charge on any atom is 0.242 e. The summed E-state index contributed by atoms with van der Waals surface area (Å²) < 4.78 is 31.1. The van der Waals surface area contributed by atoms with Crippen molar-refractivity contribution in [1.29, 1.82) is 0 Å². The van der Waals surface area contributed by atoms with Gasteiger partial charge in [0.25, 0.3) is 0 Å². The molecule has 140 valence electrons. The van der Waals surface area contributed by atoms with Crippen LogP contribution in [-0.2, 0) is 14.8 Å². The van der Waals surface area contributed by atoms with Gasteiger partial charge in [-0.1, -0.05) is 29.8 Å². The SMILES string of the molecule is COc1ccc(NC(=O)CCCN(C)S(=O)(=O)c2ccccc2)cc1Cl. The Kier molecular flexibility index (Phi) is 7.02. The molecule has 0 unspecified atom stereocenters. The van der Waals surface area contributed by atoms with Crippen LogP contribution < -0.4 is 10.1 Å². The molecule has 0 bridgehead atoms. The van der Waals surface area contributed by atoms with Crippen LogP contribution in [0.1, 0.15) is 12.8 Å². The Morgan fingerprint density at radius 1 is 1.19 bits per heavy atom. The van der Waals surface area contributed by atoms with E-state index in [0.29, 0.717) is 22.9 Å². The number of methoxy groups -OCH3 is 1. The summed E-state index contributed by atoms with van der Waals surface area (Å²) in [5.74, 6) is 0.314. The van der Waals surface area contributed by atoms with Crippen LogP contribution >= 0.6 is 11.6 Å². The number of rotatable bonds is 8. The second-order valence-corrected chi connectivity index (χ2v) is 8.09. The summed E-state index contributed by atoms with van der Waals surface area (Å²) in [5, 5.41) is 3.13. The quantitative estimate of drug-likeness (QED) is 0.742. The molecule has 2 aromatic carbocycles. The Labute approximate surface area is 158 Å². The van der Waals surface area contributed by atoms with Gasteiger partial charge in [-0.25, -0.2) is 12.7 Å². The fourth-order valence-corrected chi connectivity index (χ4v) is 3.81. The smallest absolute Gasteiger partial charge is 0.242 e. The molecule has 1 N–H and O–H groups in total. The van der Waals surface area contributed by atoms with Crippen LogP contribution in [0.15, 0.2) is 53.4 Å². The number of benzene rings is 2. The summed E-state index contributed by atoms with van der Waals surface area (Å²) in [6.07, 6.45) is 0.594. The van der Waals surface area contributed by atoms with Gasteiger partial charge < -0.3 is 10.1 Å². The van der Waals surface area contributed by atoms with Gasteiger partial charge in [0.15, 0.2) is 0 Å². The molecule has 0 fully saturated rings. The van der Waals surface area contributed by atoms with Crippen molar-refractivity contribution in [3.63, 3.8) is 0 Å². The lowest BCUT2D eigenvalue weighted by Gasteiger charge is -2.17. The minimum atomic E-state index is -3.54. The Morgan fingerprint density at radius 3 is 2.50 bits per heavy atom. The minimum absolute atomic E-state index is 0.193. The van der Waals surface area contributed by atoms with Crippen LogP contribution in [0.5, 0.6) is 5.75 Å². The van der Waals surface area contributed by atoms with E-state index in [0.717, 1.165) is 0 Å². The van der Waals surface area contributed by atoms with E-state index in [1.807, 2.05) is 0 Å². The van der Waals surface area contributed by atoms with Crippen molar-refractivity contribution in [1.82, 2.24) is 4.31 Å². The third-order valence-electron chi connectivity index (χ3n) is 3.76. The predicted octanol–water partition coefficient (Wildman–Crippen LogP) is 3.39. The summed E-state index contributed by atoms with van der Waals surface area (Å²) in [5.41, 5.74) is 0.561. The number of amides is 1. The molecule has 2 rings (SSSR count). The maximum atomic E-state index is 12.4. The molecular formula is C18H21ClN2O4S. The van der Waals surface area contributed by atoms with Gasteiger partial charge >= 0.3 is 0 Å². The average Bonchev–Trinajstić information content (AvgIpc) is 2.62. The highest BCUT2D eigenvalue weighted by Crippen LogP contribution is 2.27. The molecule has 0 aromatic heterocycles. The number of hydrogen-bond donors (Lipinski definition) is 1. The lowest BCUT2D eigenvalue weighted by Crippen LogP contribution is -2.28. The molecule has 8 heteroatoms. The van der Waals surface area contributed by atoms with Crippen molar-refractivity contribution in [2.45, 2.75) is 17.7 Å². The largest absolute Gasteiger partial charge is 0.495 e. The Morgan fingerprint density at radius 2 is 1.88 bits per heavy atom. The van der Waals surface area contributed by atoms with E-state index < -0.39 is 10.0 Å². The molecule has 0 saturated carbocycles. The van der Waals surface area contributed by atoms with Gasteiger partial charge in [0.05, 0.1) is 17.0 Å². The van der Waals surface area contributed by atoms with Gasteiger partial charge in [-0.2, -0.15) is 0 Å². The van der Waals surface area contributed by atoms with E-state index in [1.54, 1.807) is 48.5 Å². The van der Waals surface area contributed by atoms with Crippen LogP contribution in [0.2, 0.25) is 5.02 Å². The molecule has 0 aliphatic rings. The van der Waals surface area contributed by atoms with Gasteiger partial charge in [0.2, 0.25) is 15.9 Å². The molecule has 0 aliphatic heterocycles. The third kappa shape index (κ3) is 5.20. The van der Waals surface area contributed by atoms with Crippen LogP contribution in [0.4, 0.5) is 5.69 Å². The fraction of sp³-hybridized carbons (Fsp3) is 0.278. The van der Waals surface area contributed by atoms with E-state index >= 15 is 0 Å². The number of hydrogen-bond acceptors (Lipinski definition) is 4. The third-order valence-corrected chi connectivity index (χ3v) is 5.93. The van der Waals surface area contributed by atoms with Crippen LogP contribution in [-0.4, -0.2) is 39.3 Å². The molecular weight excluding hydrogens is 376 g/mol. The number of ether oxygens (including phenoxy) is 1. The topological polar surface area (TPSA) is 75.7 Å². The fourth-order valence-electron chi connectivity index (χ4n) is 2.32. The standard InChI is InChI=1S/C18H21ClN2O4S/c1-21(26(23,24)15-7-4-3-5-8-15)12-6-9-18(22)20-14-10-11-17(25-2)16(19)13-14/h3-5,7-8,10-11,13H,6,9,12H2,1-2H3,(H,20,22). The first-order valence-corrected chi connectivity index (χ1v) is 9.81. The second-order valence-electron chi connectivity index (χ2n) is 5.64. The first-order chi connectivity index (χ1) is 12.3. The maximum absolute atomic E-state index is 12.4. The normalized spacial score (nSPS) is 11.4. The highest BCUT2D eigenvalue weighted by molar-refractivity contribution is 7.89. The zero-order valence-corrected chi connectivity index (χ0v) is 16.2. The lowest BCUT2D eigenvalue weighted by molar-refractivity contribution is -0.116. The lowest BCUT2D eigenvalue weighted by atomic mass is 10.2. The highest BCUT2D eigenvalue weighted by atomic mass is 35.5. The van der Waals surface area contributed by atoms with Crippen LogP contribution in [0.25, 0.3) is 0 Å². The minimum Gasteiger partial charge on any atom is -0.495 e.